The van der Waals surface area contributed by atoms with Crippen LogP contribution in [0.4, 0.5) is 0 Å². The molecule has 0 bridgehead atoms. The Morgan fingerprint density at radius 3 is 2.50 bits per heavy atom. The Bertz CT molecular complexity index is 210. The molecule has 1 fully saturated rings. The fourth-order valence-corrected chi connectivity index (χ4v) is 3.20. The maximum atomic E-state index is 8.98. The van der Waals surface area contributed by atoms with Gasteiger partial charge in [-0.25, -0.2) is 0 Å². The van der Waals surface area contributed by atoms with Crippen LogP contribution in [-0.2, 0) is 0 Å². The Labute approximate surface area is 100 Å². The summed E-state index contributed by atoms with van der Waals surface area (Å²) in [6.07, 6.45) is 2.15. The van der Waals surface area contributed by atoms with Crippen molar-refractivity contribution >= 4 is 0 Å². The molecule has 0 saturated carbocycles. The first-order valence-corrected chi connectivity index (χ1v) is 6.46. The average Bonchev–Trinajstić information content (AvgIpc) is 2.50. The molecule has 3 unspecified atom stereocenters. The van der Waals surface area contributed by atoms with Gasteiger partial charge in [0.2, 0.25) is 0 Å². The van der Waals surface area contributed by atoms with Gasteiger partial charge >= 0.3 is 0 Å². The molecule has 1 aliphatic heterocycles. The highest BCUT2D eigenvalue weighted by molar-refractivity contribution is 4.92. The molecule has 0 amide bonds. The molecule has 96 valence electrons. The number of hydrogen-bond donors (Lipinski definition) is 2. The zero-order chi connectivity index (χ0) is 12.3. The first-order valence-electron chi connectivity index (χ1n) is 6.46. The molecule has 0 aromatic heterocycles. The van der Waals surface area contributed by atoms with Gasteiger partial charge in [-0.05, 0) is 37.6 Å². The molecule has 16 heavy (non-hydrogen) atoms. The molecule has 0 aromatic rings. The van der Waals surface area contributed by atoms with Crippen LogP contribution >= 0.6 is 0 Å². The average molecular weight is 228 g/mol. The van der Waals surface area contributed by atoms with Crippen LogP contribution < -0.4 is 5.73 Å². The number of likely N-dealkylation sites (tertiary alicyclic amines) is 1. The summed E-state index contributed by atoms with van der Waals surface area (Å²) in [6, 6.07) is 0.643. The van der Waals surface area contributed by atoms with E-state index in [-0.39, 0.29) is 11.5 Å². The van der Waals surface area contributed by atoms with E-state index < -0.39 is 0 Å². The van der Waals surface area contributed by atoms with E-state index in [1.54, 1.807) is 0 Å². The minimum Gasteiger partial charge on any atom is -0.396 e. The summed E-state index contributed by atoms with van der Waals surface area (Å²) in [5.41, 5.74) is 6.36. The molecule has 1 aliphatic rings. The maximum Gasteiger partial charge on any atom is 0.0434 e. The quantitative estimate of drug-likeness (QED) is 0.766. The van der Waals surface area contributed by atoms with Crippen molar-refractivity contribution in [3.05, 3.63) is 0 Å². The number of nitrogens with zero attached hydrogens (tertiary/aromatic N) is 1. The largest absolute Gasteiger partial charge is 0.396 e. The molecule has 0 aromatic carbocycles. The van der Waals surface area contributed by atoms with E-state index in [2.05, 4.69) is 32.6 Å². The van der Waals surface area contributed by atoms with Crippen molar-refractivity contribution in [3.8, 4) is 0 Å². The van der Waals surface area contributed by atoms with Crippen molar-refractivity contribution in [1.29, 1.82) is 0 Å². The van der Waals surface area contributed by atoms with E-state index in [0.717, 1.165) is 19.5 Å². The highest BCUT2D eigenvalue weighted by Gasteiger charge is 2.36. The highest BCUT2D eigenvalue weighted by Crippen LogP contribution is 2.31. The number of hydrogen-bond acceptors (Lipinski definition) is 3. The summed E-state index contributed by atoms with van der Waals surface area (Å²) in [6.45, 7) is 11.4. The van der Waals surface area contributed by atoms with E-state index in [0.29, 0.717) is 18.6 Å². The third kappa shape index (κ3) is 3.44. The van der Waals surface area contributed by atoms with Crippen molar-refractivity contribution in [3.63, 3.8) is 0 Å². The van der Waals surface area contributed by atoms with Gasteiger partial charge in [0.05, 0.1) is 0 Å². The van der Waals surface area contributed by atoms with E-state index in [4.69, 9.17) is 10.8 Å². The van der Waals surface area contributed by atoms with Gasteiger partial charge < -0.3 is 10.8 Å². The lowest BCUT2D eigenvalue weighted by molar-refractivity contribution is 0.0996. The van der Waals surface area contributed by atoms with Crippen LogP contribution in [0.1, 0.15) is 40.5 Å². The molecular weight excluding hydrogens is 200 g/mol. The van der Waals surface area contributed by atoms with Gasteiger partial charge in [0, 0.05) is 25.2 Å². The summed E-state index contributed by atoms with van der Waals surface area (Å²) in [4.78, 5) is 2.52. The van der Waals surface area contributed by atoms with E-state index in [9.17, 15) is 0 Å². The Kier molecular flexibility index (Phi) is 4.77. The fraction of sp³-hybridized carbons (Fsp3) is 1.00. The fourth-order valence-electron chi connectivity index (χ4n) is 3.20. The van der Waals surface area contributed by atoms with Crippen LogP contribution in [0.15, 0.2) is 0 Å². The molecule has 1 saturated heterocycles. The smallest absolute Gasteiger partial charge is 0.0434 e. The first kappa shape index (κ1) is 13.9. The van der Waals surface area contributed by atoms with Crippen LogP contribution in [0, 0.1) is 11.3 Å². The predicted molar refractivity (Wildman–Crippen MR) is 68.3 cm³/mol. The molecule has 1 heterocycles. The van der Waals surface area contributed by atoms with Gasteiger partial charge in [-0.15, -0.1) is 0 Å². The highest BCUT2D eigenvalue weighted by atomic mass is 16.3. The molecule has 0 radical (unpaired) electrons. The Hall–Kier alpha value is -0.120. The van der Waals surface area contributed by atoms with Crippen molar-refractivity contribution < 1.29 is 5.11 Å². The monoisotopic (exact) mass is 228 g/mol. The first-order chi connectivity index (χ1) is 7.36. The minimum absolute atomic E-state index is 0.202. The van der Waals surface area contributed by atoms with E-state index in [1.165, 1.54) is 6.42 Å². The second-order valence-corrected chi connectivity index (χ2v) is 6.33. The normalized spacial score (nSPS) is 27.0. The summed E-state index contributed by atoms with van der Waals surface area (Å²) in [5, 5.41) is 8.98. The topological polar surface area (TPSA) is 49.5 Å². The molecule has 3 nitrogen and oxygen atoms in total. The number of nitrogens with two attached hydrogens (primary N) is 1. The zero-order valence-corrected chi connectivity index (χ0v) is 11.2. The Morgan fingerprint density at radius 2 is 2.06 bits per heavy atom. The number of rotatable bonds is 4. The summed E-state index contributed by atoms with van der Waals surface area (Å²) in [5.74, 6) is 0.661. The second-order valence-electron chi connectivity index (χ2n) is 6.33. The van der Waals surface area contributed by atoms with Gasteiger partial charge in [0.25, 0.3) is 0 Å². The van der Waals surface area contributed by atoms with Crippen LogP contribution in [0.25, 0.3) is 0 Å². The van der Waals surface area contributed by atoms with Crippen LogP contribution in [0.3, 0.4) is 0 Å². The van der Waals surface area contributed by atoms with Gasteiger partial charge in [-0.1, -0.05) is 20.8 Å². The van der Waals surface area contributed by atoms with Gasteiger partial charge in [-0.3, -0.25) is 4.90 Å². The zero-order valence-electron chi connectivity index (χ0n) is 11.2. The van der Waals surface area contributed by atoms with Crippen molar-refractivity contribution in [2.75, 3.05) is 19.7 Å². The van der Waals surface area contributed by atoms with E-state index >= 15 is 0 Å². The molecule has 0 aliphatic carbocycles. The molecule has 3 N–H and O–H groups in total. The summed E-state index contributed by atoms with van der Waals surface area (Å²) < 4.78 is 0. The Morgan fingerprint density at radius 1 is 1.44 bits per heavy atom. The third-order valence-corrected chi connectivity index (χ3v) is 3.63. The minimum atomic E-state index is 0.202. The molecule has 3 atom stereocenters. The molecular formula is C13H28N2O. The van der Waals surface area contributed by atoms with Crippen LogP contribution in [0.2, 0.25) is 0 Å². The molecule has 3 heteroatoms. The summed E-state index contributed by atoms with van der Waals surface area (Å²) in [7, 11) is 0. The van der Waals surface area contributed by atoms with Gasteiger partial charge in [0.1, 0.15) is 0 Å². The predicted octanol–water partition coefficient (Wildman–Crippen LogP) is 1.45. The lowest BCUT2D eigenvalue weighted by Gasteiger charge is -2.40. The van der Waals surface area contributed by atoms with Crippen molar-refractivity contribution in [2.24, 2.45) is 17.1 Å². The standard InChI is InChI=1S/C13H28N2O/c1-10(14)12(13(2,3)4)15-7-5-11(9-15)6-8-16/h10-12,16H,5-9,14H2,1-4H3. The van der Waals surface area contributed by atoms with Crippen molar-refractivity contribution in [2.45, 2.75) is 52.6 Å². The third-order valence-electron chi connectivity index (χ3n) is 3.63. The Balaban J connectivity index is 2.61. The lowest BCUT2D eigenvalue weighted by atomic mass is 9.82. The van der Waals surface area contributed by atoms with Crippen LogP contribution in [0.5, 0.6) is 0 Å². The van der Waals surface area contributed by atoms with Crippen molar-refractivity contribution in [1.82, 2.24) is 4.90 Å². The lowest BCUT2D eigenvalue weighted by Crippen LogP contribution is -2.52. The molecule has 1 rings (SSSR count). The summed E-state index contributed by atoms with van der Waals surface area (Å²) >= 11 is 0. The van der Waals surface area contributed by atoms with Gasteiger partial charge in [-0.2, -0.15) is 0 Å². The second kappa shape index (κ2) is 5.48. The van der Waals surface area contributed by atoms with Gasteiger partial charge in [0.15, 0.2) is 0 Å². The molecule has 0 spiro atoms. The number of aliphatic hydroxyl groups excluding tert-OH is 1. The SMILES string of the molecule is CC(N)C(N1CCC(CCO)C1)C(C)(C)C. The van der Waals surface area contributed by atoms with Crippen LogP contribution in [-0.4, -0.2) is 41.8 Å². The number of aliphatic hydroxyl groups is 1. The maximum absolute atomic E-state index is 8.98. The van der Waals surface area contributed by atoms with E-state index in [1.807, 2.05) is 0 Å².